The van der Waals surface area contributed by atoms with Crippen LogP contribution in [-0.2, 0) is 6.54 Å². The highest BCUT2D eigenvalue weighted by Gasteiger charge is 2.33. The third-order valence-electron chi connectivity index (χ3n) is 1.87. The molecule has 9 heteroatoms. The number of nitrogens with two attached hydrogens (primary N) is 1. The molecule has 1 rings (SSSR count). The molecule has 0 amide bonds. The quantitative estimate of drug-likeness (QED) is 0.848. The van der Waals surface area contributed by atoms with Gasteiger partial charge in [0.25, 0.3) is 0 Å². The first-order valence-electron chi connectivity index (χ1n) is 4.55. The number of hydrogen-bond donors (Lipinski definition) is 2. The number of methoxy groups -OCH3 is 1. The summed E-state index contributed by atoms with van der Waals surface area (Å²) in [5.74, 6) is -2.57. The number of rotatable bonds is 4. The topological polar surface area (TPSA) is 94.7 Å². The third kappa shape index (κ3) is 3.23. The molecule has 0 aliphatic rings. The van der Waals surface area contributed by atoms with Crippen molar-refractivity contribution in [1.82, 2.24) is 4.98 Å². The highest BCUT2D eigenvalue weighted by atomic mass is 19.4. The number of carboxylic acid groups (broad SMARTS) is 1. The molecule has 0 unspecified atom stereocenters. The van der Waals surface area contributed by atoms with Gasteiger partial charge in [-0.2, -0.15) is 0 Å². The number of carbonyl (C=O) groups is 1. The Bertz CT molecular complexity index is 462. The summed E-state index contributed by atoms with van der Waals surface area (Å²) in [6.45, 7) is -0.293. The van der Waals surface area contributed by atoms with Crippen LogP contribution >= 0.6 is 0 Å². The summed E-state index contributed by atoms with van der Waals surface area (Å²) in [7, 11) is 1.16. The van der Waals surface area contributed by atoms with Gasteiger partial charge in [-0.3, -0.25) is 0 Å². The zero-order valence-corrected chi connectivity index (χ0v) is 9.11. The lowest BCUT2D eigenvalue weighted by atomic mass is 10.2. The van der Waals surface area contributed by atoms with Crippen LogP contribution in [-0.4, -0.2) is 29.5 Å². The van der Waals surface area contributed by atoms with Crippen molar-refractivity contribution in [1.29, 1.82) is 0 Å². The summed E-state index contributed by atoms with van der Waals surface area (Å²) in [6.07, 6.45) is -4.97. The van der Waals surface area contributed by atoms with Gasteiger partial charge in [-0.1, -0.05) is 0 Å². The monoisotopic (exact) mass is 266 g/mol. The molecule has 0 radical (unpaired) electrons. The molecule has 0 saturated heterocycles. The van der Waals surface area contributed by atoms with Gasteiger partial charge in [0.05, 0.1) is 7.11 Å². The van der Waals surface area contributed by atoms with E-state index < -0.39 is 23.8 Å². The van der Waals surface area contributed by atoms with E-state index in [0.717, 1.165) is 7.11 Å². The lowest BCUT2D eigenvalue weighted by Gasteiger charge is -2.13. The van der Waals surface area contributed by atoms with E-state index in [4.69, 9.17) is 15.6 Å². The highest BCUT2D eigenvalue weighted by molar-refractivity contribution is 5.91. The number of halogens is 3. The first kappa shape index (κ1) is 14.0. The van der Waals surface area contributed by atoms with Crippen LogP contribution < -0.4 is 15.2 Å². The molecule has 18 heavy (non-hydrogen) atoms. The Morgan fingerprint density at radius 3 is 2.56 bits per heavy atom. The molecule has 3 N–H and O–H groups in total. The Hall–Kier alpha value is -2.03. The van der Waals surface area contributed by atoms with Gasteiger partial charge < -0.3 is 20.3 Å². The van der Waals surface area contributed by atoms with Gasteiger partial charge in [0, 0.05) is 12.6 Å². The summed E-state index contributed by atoms with van der Waals surface area (Å²) >= 11 is 0. The summed E-state index contributed by atoms with van der Waals surface area (Å²) in [4.78, 5) is 14.3. The summed E-state index contributed by atoms with van der Waals surface area (Å²) in [5, 5.41) is 8.85. The van der Waals surface area contributed by atoms with Crippen LogP contribution in [0.5, 0.6) is 11.6 Å². The molecule has 0 spiro atoms. The average Bonchev–Trinajstić information content (AvgIpc) is 2.25. The molecule has 1 heterocycles. The maximum absolute atomic E-state index is 12.0. The van der Waals surface area contributed by atoms with Gasteiger partial charge in [0.15, 0.2) is 5.75 Å². The second-order valence-electron chi connectivity index (χ2n) is 3.05. The van der Waals surface area contributed by atoms with E-state index in [-0.39, 0.29) is 18.0 Å². The van der Waals surface area contributed by atoms with Crippen molar-refractivity contribution in [3.8, 4) is 11.6 Å². The average molecular weight is 266 g/mol. The number of pyridine rings is 1. The lowest BCUT2D eigenvalue weighted by molar-refractivity contribution is -0.276. The molecule has 0 saturated carbocycles. The Labute approximate surface area is 99.1 Å². The minimum atomic E-state index is -4.97. The van der Waals surface area contributed by atoms with Crippen molar-refractivity contribution in [2.45, 2.75) is 12.9 Å². The van der Waals surface area contributed by atoms with E-state index in [1.165, 1.54) is 0 Å². The van der Waals surface area contributed by atoms with E-state index >= 15 is 0 Å². The normalized spacial score (nSPS) is 11.2. The molecule has 0 bridgehead atoms. The Morgan fingerprint density at radius 2 is 2.17 bits per heavy atom. The molecule has 0 aliphatic carbocycles. The van der Waals surface area contributed by atoms with E-state index in [1.807, 2.05) is 0 Å². The number of carboxylic acids is 1. The van der Waals surface area contributed by atoms with Gasteiger partial charge in [0.2, 0.25) is 5.88 Å². The fourth-order valence-electron chi connectivity index (χ4n) is 1.26. The van der Waals surface area contributed by atoms with Gasteiger partial charge in [-0.25, -0.2) is 9.78 Å². The Kier molecular flexibility index (Phi) is 3.96. The Balaban J connectivity index is 3.32. The number of aromatic nitrogens is 1. The number of nitrogens with zero attached hydrogens (tertiary/aromatic N) is 1. The maximum Gasteiger partial charge on any atom is 0.574 e. The minimum Gasteiger partial charge on any atom is -0.494 e. The van der Waals surface area contributed by atoms with Crippen LogP contribution in [0, 0.1) is 0 Å². The molecule has 1 aromatic heterocycles. The van der Waals surface area contributed by atoms with Crippen LogP contribution in [0.25, 0.3) is 0 Å². The van der Waals surface area contributed by atoms with Gasteiger partial charge in [-0.05, 0) is 0 Å². The summed E-state index contributed by atoms with van der Waals surface area (Å²) in [5.41, 5.74) is 4.61. The predicted molar refractivity (Wildman–Crippen MR) is 52.3 cm³/mol. The van der Waals surface area contributed by atoms with E-state index in [9.17, 15) is 18.0 Å². The fourth-order valence-corrected chi connectivity index (χ4v) is 1.26. The number of aromatic carboxylic acids is 1. The van der Waals surface area contributed by atoms with Crippen LogP contribution in [0.3, 0.4) is 0 Å². The Morgan fingerprint density at radius 1 is 1.56 bits per heavy atom. The number of hydrogen-bond acceptors (Lipinski definition) is 5. The van der Waals surface area contributed by atoms with E-state index in [0.29, 0.717) is 6.07 Å². The van der Waals surface area contributed by atoms with Gasteiger partial charge in [-0.15, -0.1) is 13.2 Å². The summed E-state index contributed by atoms with van der Waals surface area (Å²) < 4.78 is 44.4. The number of alkyl halides is 3. The zero-order chi connectivity index (χ0) is 13.9. The molecule has 6 nitrogen and oxygen atoms in total. The van der Waals surface area contributed by atoms with Crippen LogP contribution in [0.2, 0.25) is 0 Å². The highest BCUT2D eigenvalue weighted by Crippen LogP contribution is 2.29. The SMILES string of the molecule is COc1c(C(=O)O)cc(OC(F)(F)F)nc1CN. The molecule has 0 aliphatic heterocycles. The van der Waals surface area contributed by atoms with Crippen LogP contribution in [0.15, 0.2) is 6.07 Å². The smallest absolute Gasteiger partial charge is 0.494 e. The molecule has 100 valence electrons. The first-order valence-corrected chi connectivity index (χ1v) is 4.55. The van der Waals surface area contributed by atoms with Gasteiger partial charge in [0.1, 0.15) is 11.3 Å². The molecular weight excluding hydrogens is 257 g/mol. The van der Waals surface area contributed by atoms with Crippen molar-refractivity contribution in [2.75, 3.05) is 7.11 Å². The van der Waals surface area contributed by atoms with Crippen molar-refractivity contribution >= 4 is 5.97 Å². The fraction of sp³-hybridized carbons (Fsp3) is 0.333. The molecule has 1 aromatic rings. The molecule has 0 atom stereocenters. The van der Waals surface area contributed by atoms with Gasteiger partial charge >= 0.3 is 12.3 Å². The largest absolute Gasteiger partial charge is 0.574 e. The van der Waals surface area contributed by atoms with Crippen LogP contribution in [0.1, 0.15) is 16.1 Å². The predicted octanol–water partition coefficient (Wildman–Crippen LogP) is 1.15. The lowest BCUT2D eigenvalue weighted by Crippen LogP contribution is -2.19. The second-order valence-corrected chi connectivity index (χ2v) is 3.05. The van der Waals surface area contributed by atoms with E-state index in [1.54, 1.807) is 0 Å². The van der Waals surface area contributed by atoms with Crippen molar-refractivity contribution in [3.63, 3.8) is 0 Å². The standard InChI is InChI=1S/C9H9F3N2O4/c1-17-7-4(8(15)16)2-6(14-5(7)3-13)18-9(10,11)12/h2H,3,13H2,1H3,(H,15,16). The van der Waals surface area contributed by atoms with E-state index in [2.05, 4.69) is 9.72 Å². The number of ether oxygens (including phenoxy) is 2. The maximum atomic E-state index is 12.0. The van der Waals surface area contributed by atoms with Crippen LogP contribution in [0.4, 0.5) is 13.2 Å². The minimum absolute atomic E-state index is 0.142. The van der Waals surface area contributed by atoms with Crippen molar-refractivity contribution < 1.29 is 32.5 Å². The zero-order valence-electron chi connectivity index (χ0n) is 9.11. The second kappa shape index (κ2) is 5.08. The molecule has 0 fully saturated rings. The summed E-state index contributed by atoms with van der Waals surface area (Å²) in [6, 6.07) is 0.619. The van der Waals surface area contributed by atoms with Crippen molar-refractivity contribution in [3.05, 3.63) is 17.3 Å². The first-order chi connectivity index (χ1) is 8.28. The molecule has 0 aromatic carbocycles. The molecular formula is C9H9F3N2O4. The van der Waals surface area contributed by atoms with Crippen molar-refractivity contribution in [2.24, 2.45) is 5.73 Å². The third-order valence-corrected chi connectivity index (χ3v) is 1.87.